The summed E-state index contributed by atoms with van der Waals surface area (Å²) in [5.41, 5.74) is 1.68. The van der Waals surface area contributed by atoms with E-state index in [-0.39, 0.29) is 12.3 Å². The van der Waals surface area contributed by atoms with Crippen molar-refractivity contribution in [1.82, 2.24) is 14.6 Å². The molecule has 0 aliphatic carbocycles. The lowest BCUT2D eigenvalue weighted by atomic mass is 10.2. The smallest absolute Gasteiger partial charge is 0.216 e. The van der Waals surface area contributed by atoms with Crippen LogP contribution in [0.25, 0.3) is 0 Å². The number of pyridine rings is 1. The molecule has 1 N–H and O–H groups in total. The maximum atomic E-state index is 12.4. The Bertz CT molecular complexity index is 788. The second-order valence-electron chi connectivity index (χ2n) is 6.34. The van der Waals surface area contributed by atoms with E-state index in [1.165, 1.54) is 0 Å². The van der Waals surface area contributed by atoms with E-state index in [1.807, 2.05) is 42.5 Å². The molecule has 0 atom stereocenters. The number of benzene rings is 1. The van der Waals surface area contributed by atoms with E-state index in [4.69, 9.17) is 0 Å². The van der Waals surface area contributed by atoms with Crippen molar-refractivity contribution in [2.24, 2.45) is 0 Å². The fraction of sp³-hybridized carbons (Fsp3) is 0.389. The maximum Gasteiger partial charge on any atom is 0.216 e. The van der Waals surface area contributed by atoms with Gasteiger partial charge in [0.1, 0.15) is 5.82 Å². The van der Waals surface area contributed by atoms with Crippen molar-refractivity contribution < 1.29 is 8.42 Å². The van der Waals surface area contributed by atoms with Crippen molar-refractivity contribution in [3.63, 3.8) is 0 Å². The van der Waals surface area contributed by atoms with Crippen LogP contribution in [0.15, 0.2) is 48.7 Å². The zero-order valence-electron chi connectivity index (χ0n) is 14.4. The van der Waals surface area contributed by atoms with E-state index >= 15 is 0 Å². The van der Waals surface area contributed by atoms with Crippen LogP contribution in [-0.2, 0) is 22.3 Å². The molecular weight excluding hydrogens is 336 g/mol. The number of hydrogen-bond donors (Lipinski definition) is 1. The quantitative estimate of drug-likeness (QED) is 0.845. The predicted octanol–water partition coefficient (Wildman–Crippen LogP) is 1.45. The minimum absolute atomic E-state index is 0.0159. The first-order chi connectivity index (χ1) is 12.0. The number of rotatable bonds is 6. The number of sulfonamides is 1. The first-order valence-electron chi connectivity index (χ1n) is 8.42. The lowest BCUT2D eigenvalue weighted by molar-refractivity contribution is 0.312. The molecule has 1 aromatic carbocycles. The number of nitrogens with zero attached hydrogens (tertiary/aromatic N) is 3. The maximum absolute atomic E-state index is 12.4. The van der Waals surface area contributed by atoms with Crippen LogP contribution < -0.4 is 9.62 Å². The molecule has 0 spiro atoms. The predicted molar refractivity (Wildman–Crippen MR) is 99.9 cm³/mol. The molecule has 3 rings (SSSR count). The Labute approximate surface area is 149 Å². The molecule has 1 aliphatic rings. The summed E-state index contributed by atoms with van der Waals surface area (Å²) in [6.45, 7) is 4.02. The fourth-order valence-electron chi connectivity index (χ4n) is 2.90. The summed E-state index contributed by atoms with van der Waals surface area (Å²) in [6.07, 6.45) is 1.76. The molecule has 0 amide bonds. The largest absolute Gasteiger partial charge is 0.354 e. The summed E-state index contributed by atoms with van der Waals surface area (Å²) in [5, 5.41) is 0. The monoisotopic (exact) mass is 360 g/mol. The third-order valence-corrected chi connectivity index (χ3v) is 5.65. The Morgan fingerprint density at radius 2 is 1.76 bits per heavy atom. The van der Waals surface area contributed by atoms with Crippen LogP contribution in [0.2, 0.25) is 0 Å². The highest BCUT2D eigenvalue weighted by Crippen LogP contribution is 2.19. The van der Waals surface area contributed by atoms with Crippen LogP contribution in [0.1, 0.15) is 11.1 Å². The van der Waals surface area contributed by atoms with Gasteiger partial charge in [0.2, 0.25) is 10.0 Å². The third kappa shape index (κ3) is 5.01. The van der Waals surface area contributed by atoms with E-state index in [0.29, 0.717) is 0 Å². The molecule has 0 radical (unpaired) electrons. The van der Waals surface area contributed by atoms with Gasteiger partial charge < -0.3 is 9.80 Å². The lowest BCUT2D eigenvalue weighted by Crippen LogP contribution is -2.45. The zero-order chi connectivity index (χ0) is 17.7. The van der Waals surface area contributed by atoms with Crippen LogP contribution in [-0.4, -0.2) is 51.5 Å². The average molecular weight is 360 g/mol. The van der Waals surface area contributed by atoms with Crippen LogP contribution in [0, 0.1) is 0 Å². The SMILES string of the molecule is CN1CCN(c2ncccc2CNS(=O)(=O)Cc2ccccc2)CC1. The van der Waals surface area contributed by atoms with Gasteiger partial charge in [-0.2, -0.15) is 0 Å². The number of nitrogens with one attached hydrogen (secondary N) is 1. The van der Waals surface area contributed by atoms with Crippen molar-refractivity contribution in [1.29, 1.82) is 0 Å². The molecular formula is C18H24N4O2S. The molecule has 1 aliphatic heterocycles. The van der Waals surface area contributed by atoms with Gasteiger partial charge >= 0.3 is 0 Å². The third-order valence-electron chi connectivity index (χ3n) is 4.35. The van der Waals surface area contributed by atoms with Crippen molar-refractivity contribution in [2.45, 2.75) is 12.3 Å². The Balaban J connectivity index is 1.67. The van der Waals surface area contributed by atoms with E-state index < -0.39 is 10.0 Å². The Kier molecular flexibility index (Phi) is 5.67. The standard InChI is InChI=1S/C18H24N4O2S/c1-21-10-12-22(13-11-21)18-17(8-5-9-19-18)14-20-25(23,24)15-16-6-3-2-4-7-16/h2-9,20H,10-15H2,1H3. The van der Waals surface area contributed by atoms with Gasteiger partial charge in [-0.15, -0.1) is 0 Å². The Morgan fingerprint density at radius 1 is 1.04 bits per heavy atom. The molecule has 6 nitrogen and oxygen atoms in total. The molecule has 25 heavy (non-hydrogen) atoms. The normalized spacial score (nSPS) is 16.1. The van der Waals surface area contributed by atoms with Crippen molar-refractivity contribution in [2.75, 3.05) is 38.1 Å². The number of hydrogen-bond acceptors (Lipinski definition) is 5. The van der Waals surface area contributed by atoms with Crippen molar-refractivity contribution >= 4 is 15.8 Å². The summed E-state index contributed by atoms with van der Waals surface area (Å²) in [5.74, 6) is 0.857. The minimum atomic E-state index is -3.39. The number of piperazine rings is 1. The summed E-state index contributed by atoms with van der Waals surface area (Å²) < 4.78 is 27.4. The van der Waals surface area contributed by atoms with Gasteiger partial charge in [-0.1, -0.05) is 36.4 Å². The van der Waals surface area contributed by atoms with Gasteiger partial charge in [-0.3, -0.25) is 0 Å². The molecule has 1 fully saturated rings. The second-order valence-corrected chi connectivity index (χ2v) is 8.15. The zero-order valence-corrected chi connectivity index (χ0v) is 15.2. The first-order valence-corrected chi connectivity index (χ1v) is 10.1. The van der Waals surface area contributed by atoms with Crippen molar-refractivity contribution in [3.8, 4) is 0 Å². The van der Waals surface area contributed by atoms with Gasteiger partial charge in [0, 0.05) is 44.5 Å². The molecule has 2 aromatic rings. The van der Waals surface area contributed by atoms with Gasteiger partial charge in [0.15, 0.2) is 0 Å². The van der Waals surface area contributed by atoms with E-state index in [9.17, 15) is 8.42 Å². The highest BCUT2D eigenvalue weighted by molar-refractivity contribution is 7.88. The molecule has 1 saturated heterocycles. The second kappa shape index (κ2) is 7.95. The molecule has 2 heterocycles. The van der Waals surface area contributed by atoms with Crippen molar-refractivity contribution in [3.05, 3.63) is 59.8 Å². The van der Waals surface area contributed by atoms with Crippen LogP contribution in [0.5, 0.6) is 0 Å². The van der Waals surface area contributed by atoms with Crippen LogP contribution >= 0.6 is 0 Å². The highest BCUT2D eigenvalue weighted by Gasteiger charge is 2.19. The Morgan fingerprint density at radius 3 is 2.48 bits per heavy atom. The average Bonchev–Trinajstić information content (AvgIpc) is 2.62. The van der Waals surface area contributed by atoms with E-state index in [1.54, 1.807) is 6.20 Å². The molecule has 134 valence electrons. The summed E-state index contributed by atoms with van der Waals surface area (Å²) >= 11 is 0. The molecule has 0 saturated carbocycles. The summed E-state index contributed by atoms with van der Waals surface area (Å²) in [4.78, 5) is 8.99. The summed E-state index contributed by atoms with van der Waals surface area (Å²) in [6, 6.07) is 13.0. The van der Waals surface area contributed by atoms with Crippen LogP contribution in [0.4, 0.5) is 5.82 Å². The Hall–Kier alpha value is -1.96. The van der Waals surface area contributed by atoms with E-state index in [2.05, 4.69) is 26.6 Å². The van der Waals surface area contributed by atoms with Gasteiger partial charge in [-0.25, -0.2) is 18.1 Å². The molecule has 0 unspecified atom stereocenters. The van der Waals surface area contributed by atoms with Gasteiger partial charge in [0.05, 0.1) is 5.75 Å². The van der Waals surface area contributed by atoms with E-state index in [0.717, 1.165) is 43.1 Å². The number of aromatic nitrogens is 1. The molecule has 7 heteroatoms. The summed E-state index contributed by atoms with van der Waals surface area (Å²) in [7, 11) is -1.29. The van der Waals surface area contributed by atoms with Gasteiger partial charge in [-0.05, 0) is 18.7 Å². The minimum Gasteiger partial charge on any atom is -0.354 e. The number of anilines is 1. The van der Waals surface area contributed by atoms with Gasteiger partial charge in [0.25, 0.3) is 0 Å². The molecule has 1 aromatic heterocycles. The first kappa shape index (κ1) is 17.8. The number of likely N-dealkylation sites (N-methyl/N-ethyl adjacent to an activating group) is 1. The molecule has 0 bridgehead atoms. The van der Waals surface area contributed by atoms with Crippen LogP contribution in [0.3, 0.4) is 0 Å². The highest BCUT2D eigenvalue weighted by atomic mass is 32.2. The lowest BCUT2D eigenvalue weighted by Gasteiger charge is -2.34. The topological polar surface area (TPSA) is 65.5 Å². The fourth-order valence-corrected chi connectivity index (χ4v) is 4.01.